The summed E-state index contributed by atoms with van der Waals surface area (Å²) in [6, 6.07) is 38.3. The highest BCUT2D eigenvalue weighted by atomic mass is 32.2. The molecule has 4 aliphatic carbocycles. The molecule has 0 spiro atoms. The van der Waals surface area contributed by atoms with Crippen LogP contribution in [0.2, 0.25) is 0 Å². The molecule has 4 aromatic carbocycles. The van der Waals surface area contributed by atoms with Crippen LogP contribution >= 0.6 is 0 Å². The van der Waals surface area contributed by atoms with Crippen LogP contribution in [0.3, 0.4) is 0 Å². The molecule has 3 saturated heterocycles. The fourth-order valence-corrected chi connectivity index (χ4v) is 15.8. The van der Waals surface area contributed by atoms with E-state index in [0.29, 0.717) is 37.9 Å². The van der Waals surface area contributed by atoms with Gasteiger partial charge in [-0.3, -0.25) is 24.0 Å². The number of phenols is 1. The largest absolute Gasteiger partial charge is 0.743 e. The molecule has 15 nitrogen and oxygen atoms in total. The number of halogens is 2. The normalized spacial score (nSPS) is 26.8. The summed E-state index contributed by atoms with van der Waals surface area (Å²) in [5.41, 5.74) is -2.46. The molecule has 1 N–H and O–H groups in total. The van der Waals surface area contributed by atoms with Crippen molar-refractivity contribution in [2.45, 2.75) is 224 Å². The lowest BCUT2D eigenvalue weighted by Crippen LogP contribution is -2.49. The number of aromatic hydroxyl groups is 1. The van der Waals surface area contributed by atoms with Gasteiger partial charge in [0.25, 0.3) is 0 Å². The van der Waals surface area contributed by atoms with Crippen LogP contribution in [0.4, 0.5) is 8.78 Å². The van der Waals surface area contributed by atoms with Crippen molar-refractivity contribution in [1.82, 2.24) is 0 Å². The van der Waals surface area contributed by atoms with Crippen molar-refractivity contribution in [2.75, 3.05) is 0 Å². The molecule has 7 fully saturated rings. The second-order valence-electron chi connectivity index (χ2n) is 28.0. The van der Waals surface area contributed by atoms with Gasteiger partial charge in [0, 0.05) is 5.92 Å². The molecule has 7 aliphatic rings. The number of hydrogen-bond acceptors (Lipinski definition) is 15. The van der Waals surface area contributed by atoms with Gasteiger partial charge in [0.15, 0.2) is 43.1 Å². The molecule has 500 valence electrons. The maximum atomic E-state index is 13.0. The highest BCUT2D eigenvalue weighted by molar-refractivity contribution is 7.97. The predicted octanol–water partition coefficient (Wildman–Crippen LogP) is 14.9. The average Bonchev–Trinajstić information content (AvgIpc) is 1.54. The number of ether oxygens (including phenoxy) is 6. The zero-order valence-electron chi connectivity index (χ0n) is 55.4. The number of carbonyl (C=O) groups is 5. The Morgan fingerprint density at radius 1 is 0.637 bits per heavy atom. The summed E-state index contributed by atoms with van der Waals surface area (Å²) in [5.74, 6) is 4.19. The molecule has 6 bridgehead atoms. The molecule has 4 saturated carbocycles. The quantitative estimate of drug-likeness (QED) is 0.0245. The molecule has 4 aromatic rings. The van der Waals surface area contributed by atoms with Crippen LogP contribution in [-0.2, 0) is 68.7 Å². The van der Waals surface area contributed by atoms with Crippen molar-refractivity contribution in [2.24, 2.45) is 63.1 Å². The molecular weight excluding hydrogens is 1210 g/mol. The van der Waals surface area contributed by atoms with Gasteiger partial charge >= 0.3 is 35.1 Å². The fourth-order valence-electron chi connectivity index (χ4n) is 13.3. The van der Waals surface area contributed by atoms with Gasteiger partial charge in [-0.1, -0.05) is 89.2 Å². The number of phenolic OH excluding ortho intramolecular Hbond substituents is 1. The summed E-state index contributed by atoms with van der Waals surface area (Å²) in [5, 5.41) is 4.42. The summed E-state index contributed by atoms with van der Waals surface area (Å²) in [6.45, 7) is 24.9. The molecule has 19 heteroatoms. The van der Waals surface area contributed by atoms with Crippen LogP contribution in [0.15, 0.2) is 130 Å². The zero-order valence-corrected chi connectivity index (χ0v) is 57.0. The number of alkyl halides is 2. The third-order valence-electron chi connectivity index (χ3n) is 20.6. The van der Waals surface area contributed by atoms with E-state index in [2.05, 4.69) is 110 Å². The lowest BCUT2D eigenvalue weighted by molar-refractivity contribution is -0.183. The SMILES string of the molecule is CCC(C)(C)C(=O)OC(C)C(F)(F)S(=O)(=O)[O-].CCC(C)(C)C(=O)OC1(CC)CC2CC1C1C3CCC(C3)C21.CCC(C)(C)C(=O)OC1C2CC3C(=O)OC1C3O2.CCC(C)(C)C(=O)Oc1ccc(O)cc1.c1ccc([S+](c2ccccc2)c2ccccc2)cc1. The fraction of sp³-hybridized carbons (Fsp3) is 0.597. The van der Waals surface area contributed by atoms with Gasteiger partial charge in [-0.25, -0.2) is 8.42 Å². The van der Waals surface area contributed by atoms with E-state index in [9.17, 15) is 45.7 Å². The van der Waals surface area contributed by atoms with Gasteiger partial charge in [0.05, 0.1) is 44.6 Å². The van der Waals surface area contributed by atoms with E-state index in [1.165, 1.54) is 66.3 Å². The molecule has 91 heavy (non-hydrogen) atoms. The van der Waals surface area contributed by atoms with E-state index in [-0.39, 0.29) is 69.7 Å². The third-order valence-corrected chi connectivity index (χ3v) is 23.9. The lowest BCUT2D eigenvalue weighted by atomic mass is 9.65. The first-order valence-electron chi connectivity index (χ1n) is 32.4. The first-order valence-corrected chi connectivity index (χ1v) is 35.0. The Bertz CT molecular complexity index is 3140. The van der Waals surface area contributed by atoms with Crippen molar-refractivity contribution in [1.29, 1.82) is 0 Å². The first kappa shape index (κ1) is 72.5. The molecule has 0 aromatic heterocycles. The summed E-state index contributed by atoms with van der Waals surface area (Å²) >= 11 is 0. The number of rotatable bonds is 18. The molecule has 13 unspecified atom stereocenters. The van der Waals surface area contributed by atoms with Crippen LogP contribution in [0.25, 0.3) is 0 Å². The van der Waals surface area contributed by atoms with Crippen LogP contribution in [0, 0.1) is 63.1 Å². The number of hydrogen-bond donors (Lipinski definition) is 1. The minimum absolute atomic E-state index is 0.0146. The first-order chi connectivity index (χ1) is 42.6. The molecule has 0 amide bonds. The Balaban J connectivity index is 0.000000163. The van der Waals surface area contributed by atoms with Crippen LogP contribution in [0.1, 0.15) is 168 Å². The summed E-state index contributed by atoms with van der Waals surface area (Å²) in [7, 11) is -5.87. The molecule has 13 atom stereocenters. The second kappa shape index (κ2) is 29.2. The van der Waals surface area contributed by atoms with Gasteiger partial charge in [0.2, 0.25) is 0 Å². The Kier molecular flexibility index (Phi) is 23.3. The van der Waals surface area contributed by atoms with E-state index in [1.54, 1.807) is 19.1 Å². The van der Waals surface area contributed by atoms with Gasteiger partial charge in [-0.05, 0) is 223 Å². The summed E-state index contributed by atoms with van der Waals surface area (Å²) < 4.78 is 89.2. The van der Waals surface area contributed by atoms with Crippen molar-refractivity contribution >= 4 is 50.9 Å². The number of fused-ring (bicyclic) bond motifs is 10. The summed E-state index contributed by atoms with van der Waals surface area (Å²) in [6.07, 6.45) is 7.66. The highest BCUT2D eigenvalue weighted by Gasteiger charge is 2.68. The maximum absolute atomic E-state index is 13.0. The lowest BCUT2D eigenvalue weighted by Gasteiger charge is -2.46. The van der Waals surface area contributed by atoms with E-state index in [0.717, 1.165) is 55.3 Å². The molecule has 3 aliphatic heterocycles. The Morgan fingerprint density at radius 3 is 1.57 bits per heavy atom. The van der Waals surface area contributed by atoms with Crippen LogP contribution < -0.4 is 4.74 Å². The summed E-state index contributed by atoms with van der Waals surface area (Å²) in [4.78, 5) is 63.5. The minimum atomic E-state index is -5.86. The molecule has 3 heterocycles. The van der Waals surface area contributed by atoms with Crippen molar-refractivity contribution in [3.05, 3.63) is 115 Å². The molecule has 11 rings (SSSR count). The Hall–Kier alpha value is -5.89. The smallest absolute Gasteiger partial charge is 0.369 e. The monoisotopic (exact) mass is 1300 g/mol. The van der Waals surface area contributed by atoms with E-state index in [4.69, 9.17) is 28.8 Å². The van der Waals surface area contributed by atoms with Gasteiger partial charge < -0.3 is 38.1 Å². The topological polar surface area (TPSA) is 218 Å². The molecular formula is C72H96F2O15S2. The van der Waals surface area contributed by atoms with Gasteiger partial charge in [-0.15, -0.1) is 0 Å². The standard InChI is InChI=1S/C20H32O2.C18H15S.C13H18O5.C12H16O3.C9H16F2O5S/c1-5-19(3,4)18(21)22-20(6-2)11-14-10-15(20)17-13-8-7-12(9-13)16(14)17;1-4-10-16(11-5-1)19(17-12-6-2-7-13-17)18-14-8-3-9-15-18;1-4-13(2,3)12(15)18-9-7-5-6-8(16-7)10(9)17-11(6)14;1-4-12(2,3)11(14)15-10-7-5-9(13)6-8-10;1-5-8(3,4)7(12)16-6(2)9(10,11)17(13,14)15/h12-17H,5-11H2,1-4H3;1-15H;6-10H,4-5H2,1-3H3;5-8,13H,4H2,1-3H3;6H,5H2,1-4H3,(H,13,14,15)/q;+1;;;/p-1. The zero-order chi connectivity index (χ0) is 67.2. The Labute approximate surface area is 540 Å². The van der Waals surface area contributed by atoms with E-state index < -0.39 is 55.9 Å². The van der Waals surface area contributed by atoms with E-state index >= 15 is 0 Å². The predicted molar refractivity (Wildman–Crippen MR) is 341 cm³/mol. The highest BCUT2D eigenvalue weighted by Crippen LogP contribution is 2.71. The number of esters is 5. The number of carbonyl (C=O) groups excluding carboxylic acids is 5. The van der Waals surface area contributed by atoms with Gasteiger partial charge in [0.1, 0.15) is 23.2 Å². The van der Waals surface area contributed by atoms with Crippen LogP contribution in [-0.4, -0.2) is 89.3 Å². The van der Waals surface area contributed by atoms with Crippen molar-refractivity contribution < 1.29 is 79.3 Å². The van der Waals surface area contributed by atoms with Crippen molar-refractivity contribution in [3.8, 4) is 11.5 Å². The average molecular weight is 1300 g/mol. The van der Waals surface area contributed by atoms with E-state index in [1.807, 2.05) is 55.4 Å². The molecule has 0 radical (unpaired) electrons. The second-order valence-corrected chi connectivity index (χ2v) is 31.5. The maximum Gasteiger partial charge on any atom is 0.369 e. The number of benzene rings is 4. The van der Waals surface area contributed by atoms with Gasteiger partial charge in [-0.2, -0.15) is 8.78 Å². The van der Waals surface area contributed by atoms with Crippen LogP contribution in [0.5, 0.6) is 11.5 Å². The minimum Gasteiger partial charge on any atom is -0.743 e. The Morgan fingerprint density at radius 2 is 1.10 bits per heavy atom. The van der Waals surface area contributed by atoms with Crippen molar-refractivity contribution in [3.63, 3.8) is 0 Å². The third kappa shape index (κ3) is 16.2.